The molecule has 1 saturated heterocycles. The second-order valence-electron chi connectivity index (χ2n) is 7.80. The number of nitrogens with zero attached hydrogens (tertiary/aromatic N) is 2. The van der Waals surface area contributed by atoms with Crippen LogP contribution in [0.15, 0.2) is 16.7 Å². The quantitative estimate of drug-likeness (QED) is 0.547. The van der Waals surface area contributed by atoms with E-state index in [1.165, 1.54) is 0 Å². The summed E-state index contributed by atoms with van der Waals surface area (Å²) in [6, 6.07) is 3.13. The first-order chi connectivity index (χ1) is 11.3. The van der Waals surface area contributed by atoms with Crippen molar-refractivity contribution in [3.05, 3.63) is 22.3 Å². The van der Waals surface area contributed by atoms with E-state index in [0.29, 0.717) is 32.7 Å². The van der Waals surface area contributed by atoms with Crippen LogP contribution < -0.4 is 4.90 Å². The van der Waals surface area contributed by atoms with Crippen molar-refractivity contribution in [2.75, 3.05) is 31.5 Å². The van der Waals surface area contributed by atoms with Crippen LogP contribution in [0.25, 0.3) is 0 Å². The van der Waals surface area contributed by atoms with Crippen LogP contribution >= 0.6 is 15.9 Å². The summed E-state index contributed by atoms with van der Waals surface area (Å²) in [6.07, 6.45) is 3.17. The maximum Gasteiger partial charge on any atom is 0.241 e. The Morgan fingerprint density at radius 1 is 1.38 bits per heavy atom. The minimum absolute atomic E-state index is 0.111. The van der Waals surface area contributed by atoms with Crippen LogP contribution in [0.5, 0.6) is 0 Å². The molecule has 0 radical (unpaired) electrons. The topological polar surface area (TPSA) is 51.7 Å². The van der Waals surface area contributed by atoms with Crippen LogP contribution in [0.3, 0.4) is 0 Å². The Balaban J connectivity index is 1.80. The Morgan fingerprint density at radius 3 is 2.75 bits per heavy atom. The number of carbonyl (C=O) groups is 1. The number of hydrogen-bond donors (Lipinski definition) is 0. The van der Waals surface area contributed by atoms with Crippen molar-refractivity contribution >= 4 is 35.7 Å². The fourth-order valence-corrected chi connectivity index (χ4v) is 4.41. The SMILES string of the molecule is C[Si](C)(C)CCOCN1C(=O)C2(CCOCC2)c2cc(Br)cnc21. The molecule has 5 nitrogen and oxygen atoms in total. The van der Waals surface area contributed by atoms with Crippen molar-refractivity contribution in [3.8, 4) is 0 Å². The maximum atomic E-state index is 13.2. The van der Waals surface area contributed by atoms with E-state index in [0.717, 1.165) is 21.9 Å². The number of amides is 1. The number of carbonyl (C=O) groups excluding carboxylic acids is 1. The Morgan fingerprint density at radius 2 is 2.08 bits per heavy atom. The molecule has 7 heteroatoms. The molecular weight excluding hydrogens is 388 g/mol. The molecule has 0 unspecified atom stereocenters. The molecule has 0 aliphatic carbocycles. The molecule has 0 bridgehead atoms. The summed E-state index contributed by atoms with van der Waals surface area (Å²) in [5.41, 5.74) is 0.519. The van der Waals surface area contributed by atoms with Gasteiger partial charge in [0.15, 0.2) is 0 Å². The Hall–Kier alpha value is -0.763. The second-order valence-corrected chi connectivity index (χ2v) is 14.3. The van der Waals surface area contributed by atoms with Gasteiger partial charge in [-0.1, -0.05) is 19.6 Å². The molecule has 3 rings (SSSR count). The summed E-state index contributed by atoms with van der Waals surface area (Å²) in [7, 11) is -1.14. The largest absolute Gasteiger partial charge is 0.381 e. The van der Waals surface area contributed by atoms with Gasteiger partial charge in [0.05, 0.1) is 5.41 Å². The Labute approximate surface area is 152 Å². The third-order valence-corrected chi connectivity index (χ3v) is 6.96. The number of hydrogen-bond acceptors (Lipinski definition) is 4. The van der Waals surface area contributed by atoms with Crippen LogP contribution in [0.2, 0.25) is 25.7 Å². The smallest absolute Gasteiger partial charge is 0.241 e. The number of anilines is 1. The van der Waals surface area contributed by atoms with Gasteiger partial charge in [0.2, 0.25) is 5.91 Å². The van der Waals surface area contributed by atoms with E-state index in [1.807, 2.05) is 6.07 Å². The van der Waals surface area contributed by atoms with E-state index in [9.17, 15) is 4.79 Å². The van der Waals surface area contributed by atoms with Gasteiger partial charge in [0.1, 0.15) is 12.5 Å². The van der Waals surface area contributed by atoms with Crippen LogP contribution in [-0.2, 0) is 19.7 Å². The molecule has 24 heavy (non-hydrogen) atoms. The monoisotopic (exact) mass is 412 g/mol. The van der Waals surface area contributed by atoms with Crippen molar-refractivity contribution < 1.29 is 14.3 Å². The fraction of sp³-hybridized carbons (Fsp3) is 0.647. The van der Waals surface area contributed by atoms with Crippen LogP contribution in [0.4, 0.5) is 5.82 Å². The first-order valence-electron chi connectivity index (χ1n) is 8.47. The van der Waals surface area contributed by atoms with Crippen LogP contribution in [-0.4, -0.2) is 45.5 Å². The zero-order valence-electron chi connectivity index (χ0n) is 14.6. The number of halogens is 1. The molecular formula is C17H25BrN2O3Si. The zero-order chi connectivity index (χ0) is 17.4. The standard InChI is InChI=1S/C17H25BrN2O3Si/c1-24(2,3)9-8-23-12-20-15-14(10-13(18)11-19-15)17(16(20)21)4-6-22-7-5-17/h10-11H,4-9,12H2,1-3H3. The maximum absolute atomic E-state index is 13.2. The molecule has 3 heterocycles. The minimum Gasteiger partial charge on any atom is -0.381 e. The average Bonchev–Trinajstić information content (AvgIpc) is 2.74. The number of pyridine rings is 1. The van der Waals surface area contributed by atoms with Crippen molar-refractivity contribution in [3.63, 3.8) is 0 Å². The highest BCUT2D eigenvalue weighted by Crippen LogP contribution is 2.47. The molecule has 2 aliphatic rings. The number of rotatable bonds is 5. The summed E-state index contributed by atoms with van der Waals surface area (Å²) in [6.45, 7) is 9.17. The Kier molecular flexibility index (Phi) is 5.16. The molecule has 1 spiro atoms. The molecule has 0 atom stereocenters. The summed E-state index contributed by atoms with van der Waals surface area (Å²) in [5.74, 6) is 0.859. The minimum atomic E-state index is -1.14. The second kappa shape index (κ2) is 6.86. The highest BCUT2D eigenvalue weighted by atomic mass is 79.9. The average molecular weight is 413 g/mol. The Bertz CT molecular complexity index is 627. The molecule has 0 N–H and O–H groups in total. The van der Waals surface area contributed by atoms with Gasteiger partial charge in [0.25, 0.3) is 0 Å². The van der Waals surface area contributed by atoms with Gasteiger partial charge in [-0.3, -0.25) is 9.69 Å². The lowest BCUT2D eigenvalue weighted by atomic mass is 9.76. The lowest BCUT2D eigenvalue weighted by Crippen LogP contribution is -2.45. The van der Waals surface area contributed by atoms with E-state index >= 15 is 0 Å². The molecule has 1 aromatic rings. The summed E-state index contributed by atoms with van der Waals surface area (Å²) >= 11 is 3.49. The number of aromatic nitrogens is 1. The molecule has 1 aromatic heterocycles. The molecule has 0 saturated carbocycles. The normalized spacial score (nSPS) is 19.8. The zero-order valence-corrected chi connectivity index (χ0v) is 17.2. The molecule has 2 aliphatic heterocycles. The van der Waals surface area contributed by atoms with E-state index in [1.54, 1.807) is 11.1 Å². The van der Waals surface area contributed by atoms with Crippen LogP contribution in [0.1, 0.15) is 18.4 Å². The van der Waals surface area contributed by atoms with E-state index < -0.39 is 13.5 Å². The van der Waals surface area contributed by atoms with Crippen molar-refractivity contribution in [2.45, 2.75) is 43.9 Å². The van der Waals surface area contributed by atoms with Crippen molar-refractivity contribution in [1.82, 2.24) is 4.98 Å². The molecule has 0 aromatic carbocycles. The predicted molar refractivity (Wildman–Crippen MR) is 100 cm³/mol. The number of ether oxygens (including phenoxy) is 2. The summed E-state index contributed by atoms with van der Waals surface area (Å²) < 4.78 is 12.2. The third-order valence-electron chi connectivity index (χ3n) is 4.82. The van der Waals surface area contributed by atoms with E-state index in [4.69, 9.17) is 9.47 Å². The van der Waals surface area contributed by atoms with Gasteiger partial charge in [-0.2, -0.15) is 0 Å². The summed E-state index contributed by atoms with van der Waals surface area (Å²) in [5, 5.41) is 0. The van der Waals surface area contributed by atoms with Gasteiger partial charge < -0.3 is 9.47 Å². The predicted octanol–water partition coefficient (Wildman–Crippen LogP) is 3.55. The first-order valence-corrected chi connectivity index (χ1v) is 13.0. The fourth-order valence-electron chi connectivity index (χ4n) is 3.33. The lowest BCUT2D eigenvalue weighted by molar-refractivity contribution is -0.127. The lowest BCUT2D eigenvalue weighted by Gasteiger charge is -2.32. The van der Waals surface area contributed by atoms with Gasteiger partial charge >= 0.3 is 0 Å². The first kappa shape index (κ1) is 18.0. The van der Waals surface area contributed by atoms with Gasteiger partial charge in [-0.15, -0.1) is 0 Å². The third kappa shape index (κ3) is 3.45. The molecule has 1 amide bonds. The molecule has 132 valence electrons. The van der Waals surface area contributed by atoms with Gasteiger partial charge in [-0.25, -0.2) is 4.98 Å². The van der Waals surface area contributed by atoms with Crippen molar-refractivity contribution in [1.29, 1.82) is 0 Å². The van der Waals surface area contributed by atoms with Gasteiger partial charge in [0, 0.05) is 44.1 Å². The highest BCUT2D eigenvalue weighted by molar-refractivity contribution is 9.10. The summed E-state index contributed by atoms with van der Waals surface area (Å²) in [4.78, 5) is 19.4. The van der Waals surface area contributed by atoms with Crippen LogP contribution in [0, 0.1) is 0 Å². The molecule has 1 fully saturated rings. The van der Waals surface area contributed by atoms with Gasteiger partial charge in [-0.05, 0) is 40.9 Å². The van der Waals surface area contributed by atoms with E-state index in [2.05, 4.69) is 40.6 Å². The van der Waals surface area contributed by atoms with E-state index in [-0.39, 0.29) is 12.6 Å². The van der Waals surface area contributed by atoms with Crippen molar-refractivity contribution in [2.24, 2.45) is 0 Å². The number of fused-ring (bicyclic) bond motifs is 2. The highest BCUT2D eigenvalue weighted by Gasteiger charge is 2.52.